The minimum atomic E-state index is -4.52. The summed E-state index contributed by atoms with van der Waals surface area (Å²) >= 11 is 0. The summed E-state index contributed by atoms with van der Waals surface area (Å²) in [6.45, 7) is 8.55. The Morgan fingerprint density at radius 1 is 0.513 bits per heavy atom. The van der Waals surface area contributed by atoms with Crippen molar-refractivity contribution in [3.8, 4) is 11.5 Å². The number of hydrogen-bond donors (Lipinski definition) is 2. The predicted molar refractivity (Wildman–Crippen MR) is 285 cm³/mol. The Kier molecular flexibility index (Phi) is 17.6. The Balaban J connectivity index is 0.000000186. The number of nitrogens with zero attached hydrogens (tertiary/aromatic N) is 2. The molecule has 4 aliphatic heterocycles. The van der Waals surface area contributed by atoms with E-state index in [1.807, 2.05) is 24.3 Å². The van der Waals surface area contributed by atoms with Gasteiger partial charge in [-0.3, -0.25) is 19.4 Å². The quantitative estimate of drug-likeness (QED) is 0.121. The van der Waals surface area contributed by atoms with E-state index in [9.17, 15) is 46.1 Å². The van der Waals surface area contributed by atoms with Gasteiger partial charge in [0.05, 0.1) is 24.0 Å². The van der Waals surface area contributed by atoms with E-state index in [0.717, 1.165) is 127 Å². The van der Waals surface area contributed by atoms with Crippen LogP contribution in [0.25, 0.3) is 21.5 Å². The number of fused-ring (bicyclic) bond motifs is 6. The van der Waals surface area contributed by atoms with Gasteiger partial charge in [0.2, 0.25) is 0 Å². The number of carboxylic acids is 2. The van der Waals surface area contributed by atoms with Crippen LogP contribution in [-0.2, 0) is 21.9 Å². The van der Waals surface area contributed by atoms with E-state index >= 15 is 0 Å². The van der Waals surface area contributed by atoms with E-state index in [-0.39, 0.29) is 82.6 Å². The van der Waals surface area contributed by atoms with Crippen LogP contribution in [0.1, 0.15) is 203 Å². The van der Waals surface area contributed by atoms with Gasteiger partial charge < -0.3 is 19.7 Å². The SMILES string of the molecule is CCC1CCC(Oc2ccc3cc([C@@H](CC)N4C5CCCC4CC(C(=O)O)C5)ccc3c2C(F)(F)F)CC1.CCC1CCC(Oc2ccc3cc([C@H](CC)N4C5CCCC4CC(C(=O)O)C5)ccc3c2C(F)(F)F)CC1. The molecule has 0 amide bonds. The summed E-state index contributed by atoms with van der Waals surface area (Å²) in [6.07, 6.45) is 10.4. The van der Waals surface area contributed by atoms with Crippen molar-refractivity contribution in [3.63, 3.8) is 0 Å². The molecule has 4 bridgehead atoms. The molecule has 8 nitrogen and oxygen atoms in total. The van der Waals surface area contributed by atoms with Crippen molar-refractivity contribution < 1.29 is 55.6 Å². The first kappa shape index (κ1) is 56.2. The van der Waals surface area contributed by atoms with Gasteiger partial charge in [-0.25, -0.2) is 0 Å². The van der Waals surface area contributed by atoms with Gasteiger partial charge in [0.25, 0.3) is 0 Å². The van der Waals surface area contributed by atoms with Gasteiger partial charge >= 0.3 is 24.3 Å². The van der Waals surface area contributed by atoms with Gasteiger partial charge in [0.15, 0.2) is 0 Å². The molecule has 6 aliphatic rings. The maximum absolute atomic E-state index is 14.4. The molecule has 4 heterocycles. The average molecular weight is 1060 g/mol. The van der Waals surface area contributed by atoms with Crippen LogP contribution in [0.5, 0.6) is 11.5 Å². The summed E-state index contributed by atoms with van der Waals surface area (Å²) in [5.74, 6) is -0.861. The molecule has 76 heavy (non-hydrogen) atoms. The van der Waals surface area contributed by atoms with Crippen molar-refractivity contribution in [2.45, 2.75) is 230 Å². The van der Waals surface area contributed by atoms with Crippen LogP contribution in [0.2, 0.25) is 0 Å². The normalized spacial score (nSPS) is 29.2. The van der Waals surface area contributed by atoms with Crippen molar-refractivity contribution in [1.29, 1.82) is 0 Å². The van der Waals surface area contributed by atoms with Crippen molar-refractivity contribution in [1.82, 2.24) is 9.80 Å². The zero-order chi connectivity index (χ0) is 54.1. The van der Waals surface area contributed by atoms with Crippen LogP contribution < -0.4 is 9.47 Å². The van der Waals surface area contributed by atoms with Gasteiger partial charge in [0, 0.05) is 36.3 Å². The monoisotopic (exact) mass is 1060 g/mol. The third-order valence-corrected chi connectivity index (χ3v) is 18.9. The molecule has 0 radical (unpaired) electrons. The molecule has 4 aromatic carbocycles. The van der Waals surface area contributed by atoms with Crippen molar-refractivity contribution in [3.05, 3.63) is 82.9 Å². The standard InChI is InChI=1S/2C31H40F3NO3/c2*1-3-19-8-12-25(13-9-19)38-28-15-11-20-16-21(10-14-26(20)29(28)31(32,33)34)27(4-2)35-23-6-5-7-24(35)18-22(17-23)30(36)37/h2*10-11,14-16,19,22-25,27H,3-9,12-13,17-18H2,1-2H3,(H,36,37)/t2*19?,22?,23?,24?,25?,27-/m10/s1. The summed E-state index contributed by atoms with van der Waals surface area (Å²) in [6, 6.07) is 18.2. The van der Waals surface area contributed by atoms with Crippen LogP contribution in [0.15, 0.2) is 60.7 Å². The molecular formula is C62H80F6N2O6. The lowest BCUT2D eigenvalue weighted by atomic mass is 9.76. The first-order chi connectivity index (χ1) is 36.4. The second kappa shape index (κ2) is 23.8. The largest absolute Gasteiger partial charge is 0.490 e. The van der Waals surface area contributed by atoms with Crippen molar-refractivity contribution in [2.75, 3.05) is 0 Å². The van der Waals surface area contributed by atoms with Crippen LogP contribution in [-0.4, -0.2) is 68.3 Å². The Bertz CT molecular complexity index is 2430. The van der Waals surface area contributed by atoms with Crippen molar-refractivity contribution >= 4 is 33.5 Å². The summed E-state index contributed by atoms with van der Waals surface area (Å²) < 4.78 is 98.3. The number of benzene rings is 4. The van der Waals surface area contributed by atoms with Crippen LogP contribution in [0.4, 0.5) is 26.3 Å². The molecule has 10 rings (SSSR count). The molecule has 4 unspecified atom stereocenters. The Hall–Kier alpha value is -4.56. The molecule has 2 saturated carbocycles. The molecular weight excluding hydrogens is 983 g/mol. The van der Waals surface area contributed by atoms with E-state index in [1.165, 1.54) is 12.1 Å². The summed E-state index contributed by atoms with van der Waals surface area (Å²) in [4.78, 5) is 28.4. The molecule has 14 heteroatoms. The van der Waals surface area contributed by atoms with Crippen LogP contribution in [0, 0.1) is 23.7 Å². The zero-order valence-electron chi connectivity index (χ0n) is 44.9. The molecule has 2 N–H and O–H groups in total. The lowest BCUT2D eigenvalue weighted by Gasteiger charge is -2.51. The molecule has 416 valence electrons. The van der Waals surface area contributed by atoms with Crippen molar-refractivity contribution in [2.24, 2.45) is 23.7 Å². The Labute approximate surface area is 445 Å². The van der Waals surface area contributed by atoms with E-state index in [2.05, 4.69) is 37.5 Å². The Morgan fingerprint density at radius 2 is 0.855 bits per heavy atom. The highest BCUT2D eigenvalue weighted by Crippen LogP contribution is 2.49. The number of rotatable bonds is 14. The number of aliphatic carboxylic acids is 2. The fourth-order valence-electron chi connectivity index (χ4n) is 15.0. The minimum Gasteiger partial charge on any atom is -0.490 e. The maximum atomic E-state index is 14.4. The number of halogens is 6. The second-order valence-electron chi connectivity index (χ2n) is 23.4. The predicted octanol–water partition coefficient (Wildman–Crippen LogP) is 16.7. The van der Waals surface area contributed by atoms with E-state index in [4.69, 9.17) is 9.47 Å². The summed E-state index contributed by atoms with van der Waals surface area (Å²) in [5, 5.41) is 20.8. The third kappa shape index (κ3) is 12.2. The highest BCUT2D eigenvalue weighted by atomic mass is 19.4. The first-order valence-electron chi connectivity index (χ1n) is 29.0. The van der Waals surface area contributed by atoms with E-state index < -0.39 is 35.4 Å². The Morgan fingerprint density at radius 3 is 1.14 bits per heavy atom. The zero-order valence-corrected chi connectivity index (χ0v) is 44.9. The smallest absolute Gasteiger partial charge is 0.420 e. The van der Waals surface area contributed by atoms with E-state index in [1.54, 1.807) is 24.3 Å². The molecule has 0 spiro atoms. The minimum absolute atomic E-state index is 0.0588. The molecule has 0 aromatic heterocycles. The number of carboxylic acid groups (broad SMARTS) is 2. The van der Waals surface area contributed by atoms with Gasteiger partial charge in [-0.05, 0) is 184 Å². The molecule has 2 aliphatic carbocycles. The number of piperidine rings is 4. The number of carbonyl (C=O) groups is 2. The molecule has 4 aromatic rings. The van der Waals surface area contributed by atoms with Gasteiger partial charge in [0.1, 0.15) is 22.6 Å². The third-order valence-electron chi connectivity index (χ3n) is 18.9. The lowest BCUT2D eigenvalue weighted by Crippen LogP contribution is -2.54. The summed E-state index contributed by atoms with van der Waals surface area (Å²) in [7, 11) is 0. The fourth-order valence-corrected chi connectivity index (χ4v) is 15.0. The topological polar surface area (TPSA) is 99.5 Å². The van der Waals surface area contributed by atoms with Crippen LogP contribution >= 0.6 is 0 Å². The number of hydrogen-bond acceptors (Lipinski definition) is 6. The molecule has 6 fully saturated rings. The highest BCUT2D eigenvalue weighted by molar-refractivity contribution is 5.90. The number of ether oxygens (including phenoxy) is 2. The first-order valence-corrected chi connectivity index (χ1v) is 29.0. The maximum Gasteiger partial charge on any atom is 0.420 e. The highest BCUT2D eigenvalue weighted by Gasteiger charge is 2.46. The van der Waals surface area contributed by atoms with E-state index in [0.29, 0.717) is 48.3 Å². The lowest BCUT2D eigenvalue weighted by molar-refractivity contribution is -0.148. The van der Waals surface area contributed by atoms with Gasteiger partial charge in [-0.1, -0.05) is 89.8 Å². The second-order valence-corrected chi connectivity index (χ2v) is 23.4. The summed E-state index contributed by atoms with van der Waals surface area (Å²) in [5.41, 5.74) is 0.661. The average Bonchev–Trinajstić information content (AvgIpc) is 3.41. The van der Waals surface area contributed by atoms with Crippen LogP contribution in [0.3, 0.4) is 0 Å². The molecule has 4 saturated heterocycles. The molecule has 6 atom stereocenters. The van der Waals surface area contributed by atoms with Gasteiger partial charge in [-0.2, -0.15) is 26.3 Å². The number of alkyl halides is 6. The van der Waals surface area contributed by atoms with Gasteiger partial charge in [-0.15, -0.1) is 0 Å². The fraction of sp³-hybridized carbons (Fsp3) is 0.645.